The van der Waals surface area contributed by atoms with E-state index in [9.17, 15) is 9.59 Å². The summed E-state index contributed by atoms with van der Waals surface area (Å²) in [5.41, 5.74) is 0. The van der Waals surface area contributed by atoms with Crippen molar-refractivity contribution in [2.75, 3.05) is 38.8 Å². The molecule has 1 fully saturated rings. The smallest absolute Gasteiger partial charge is 0.326 e. The summed E-state index contributed by atoms with van der Waals surface area (Å²) in [4.78, 5) is 24.6. The predicted molar refractivity (Wildman–Crippen MR) is 79.1 cm³/mol. The van der Waals surface area contributed by atoms with Crippen LogP contribution in [0.2, 0.25) is 0 Å². The Morgan fingerprint density at radius 2 is 2.30 bits per heavy atom. The molecule has 20 heavy (non-hydrogen) atoms. The largest absolute Gasteiger partial charge is 0.480 e. The molecule has 2 atom stereocenters. The van der Waals surface area contributed by atoms with E-state index in [1.807, 2.05) is 6.26 Å². The van der Waals surface area contributed by atoms with Gasteiger partial charge in [-0.2, -0.15) is 11.8 Å². The molecule has 0 spiro atoms. The van der Waals surface area contributed by atoms with E-state index in [0.717, 1.165) is 19.4 Å². The number of carboxylic acids is 1. The van der Waals surface area contributed by atoms with Gasteiger partial charge >= 0.3 is 12.0 Å². The van der Waals surface area contributed by atoms with Gasteiger partial charge in [-0.15, -0.1) is 0 Å². The lowest BCUT2D eigenvalue weighted by atomic mass is 10.0. The summed E-state index contributed by atoms with van der Waals surface area (Å²) in [5, 5.41) is 11.7. The molecule has 0 aromatic rings. The zero-order valence-electron chi connectivity index (χ0n) is 12.1. The Morgan fingerprint density at radius 3 is 2.85 bits per heavy atom. The van der Waals surface area contributed by atoms with Crippen molar-refractivity contribution in [2.24, 2.45) is 5.92 Å². The van der Waals surface area contributed by atoms with Crippen LogP contribution in [0, 0.1) is 5.92 Å². The van der Waals surface area contributed by atoms with Crippen LogP contribution in [0.5, 0.6) is 0 Å². The van der Waals surface area contributed by atoms with Gasteiger partial charge in [-0.3, -0.25) is 0 Å². The summed E-state index contributed by atoms with van der Waals surface area (Å²) in [6, 6.07) is -1.15. The molecular weight excluding hydrogens is 280 g/mol. The normalized spacial score (nSPS) is 20.2. The predicted octanol–water partition coefficient (Wildman–Crippen LogP) is 1.26. The Bertz CT molecular complexity index is 321. The molecule has 1 aliphatic rings. The van der Waals surface area contributed by atoms with Crippen molar-refractivity contribution in [3.63, 3.8) is 0 Å². The lowest BCUT2D eigenvalue weighted by Crippen LogP contribution is -2.48. The van der Waals surface area contributed by atoms with Crippen LogP contribution in [0.1, 0.15) is 19.3 Å². The number of aliphatic carboxylic acids is 1. The minimum absolute atomic E-state index is 0.330. The topological polar surface area (TPSA) is 78.9 Å². The summed E-state index contributed by atoms with van der Waals surface area (Å²) < 4.78 is 5.38. The molecule has 1 heterocycles. The highest BCUT2D eigenvalue weighted by Gasteiger charge is 2.23. The van der Waals surface area contributed by atoms with Crippen molar-refractivity contribution < 1.29 is 19.4 Å². The number of ether oxygens (including phenoxy) is 1. The highest BCUT2D eigenvalue weighted by Crippen LogP contribution is 2.14. The third-order valence-corrected chi connectivity index (χ3v) is 3.98. The van der Waals surface area contributed by atoms with E-state index in [0.29, 0.717) is 31.2 Å². The van der Waals surface area contributed by atoms with Gasteiger partial charge in [-0.05, 0) is 31.3 Å². The maximum Gasteiger partial charge on any atom is 0.326 e. The Hall–Kier alpha value is -0.950. The standard InChI is InChI=1S/C13H24N2O4S/c1-15(8-10-4-3-6-19-9-10)13(18)14-11(12(16)17)5-7-20-2/h10-11H,3-9H2,1-2H3,(H,14,18)(H,16,17)/t10?,11-/m1/s1. The van der Waals surface area contributed by atoms with Gasteiger partial charge in [-0.1, -0.05) is 0 Å². The average Bonchev–Trinajstić information content (AvgIpc) is 2.43. The number of carbonyl (C=O) groups is 2. The molecule has 0 aromatic heterocycles. The fourth-order valence-electron chi connectivity index (χ4n) is 2.17. The van der Waals surface area contributed by atoms with Crippen molar-refractivity contribution in [3.8, 4) is 0 Å². The van der Waals surface area contributed by atoms with Gasteiger partial charge in [0.15, 0.2) is 0 Å². The van der Waals surface area contributed by atoms with Crippen molar-refractivity contribution in [1.29, 1.82) is 0 Å². The third kappa shape index (κ3) is 6.00. The molecule has 1 unspecified atom stereocenters. The Kier molecular flexibility index (Phi) is 7.76. The van der Waals surface area contributed by atoms with Crippen LogP contribution in [-0.2, 0) is 9.53 Å². The molecular formula is C13H24N2O4S. The molecule has 1 rings (SSSR count). The number of hydrogen-bond donors (Lipinski definition) is 2. The van der Waals surface area contributed by atoms with E-state index in [1.165, 1.54) is 0 Å². The molecule has 2 amide bonds. The fourth-order valence-corrected chi connectivity index (χ4v) is 2.65. The molecule has 2 N–H and O–H groups in total. The Labute approximate surface area is 124 Å². The SMILES string of the molecule is CSCC[C@@H](NC(=O)N(C)CC1CCCOC1)C(=O)O. The number of carbonyl (C=O) groups excluding carboxylic acids is 1. The summed E-state index contributed by atoms with van der Waals surface area (Å²) >= 11 is 1.57. The van der Waals surface area contributed by atoms with Gasteiger partial charge in [0.2, 0.25) is 0 Å². The summed E-state index contributed by atoms with van der Waals surface area (Å²) in [5.74, 6) is 0.0630. The second kappa shape index (κ2) is 9.07. The number of rotatable bonds is 7. The monoisotopic (exact) mass is 304 g/mol. The zero-order valence-corrected chi connectivity index (χ0v) is 12.9. The molecule has 0 aromatic carbocycles. The van der Waals surface area contributed by atoms with Crippen LogP contribution in [0.4, 0.5) is 4.79 Å². The van der Waals surface area contributed by atoms with Gasteiger partial charge in [0.25, 0.3) is 0 Å². The second-order valence-corrected chi connectivity index (χ2v) is 6.07. The van der Waals surface area contributed by atoms with E-state index in [4.69, 9.17) is 9.84 Å². The van der Waals surface area contributed by atoms with Gasteiger partial charge in [0.1, 0.15) is 6.04 Å². The minimum Gasteiger partial charge on any atom is -0.480 e. The van der Waals surface area contributed by atoms with E-state index in [1.54, 1.807) is 23.7 Å². The number of nitrogens with one attached hydrogen (secondary N) is 1. The Balaban J connectivity index is 2.39. The first-order valence-electron chi connectivity index (χ1n) is 6.85. The van der Waals surface area contributed by atoms with Crippen LogP contribution in [0.3, 0.4) is 0 Å². The number of nitrogens with zero attached hydrogens (tertiary/aromatic N) is 1. The molecule has 116 valence electrons. The summed E-state index contributed by atoms with van der Waals surface area (Å²) in [6.07, 6.45) is 4.41. The first-order chi connectivity index (χ1) is 9.54. The van der Waals surface area contributed by atoms with Gasteiger partial charge in [-0.25, -0.2) is 9.59 Å². The first kappa shape index (κ1) is 17.1. The van der Waals surface area contributed by atoms with Crippen molar-refractivity contribution in [2.45, 2.75) is 25.3 Å². The summed E-state index contributed by atoms with van der Waals surface area (Å²) in [7, 11) is 1.69. The van der Waals surface area contributed by atoms with Crippen LogP contribution in [0.15, 0.2) is 0 Å². The fraction of sp³-hybridized carbons (Fsp3) is 0.846. The highest BCUT2D eigenvalue weighted by molar-refractivity contribution is 7.98. The van der Waals surface area contributed by atoms with Gasteiger partial charge in [0.05, 0.1) is 6.61 Å². The number of carboxylic acid groups (broad SMARTS) is 1. The second-order valence-electron chi connectivity index (χ2n) is 5.09. The van der Waals surface area contributed by atoms with Crippen LogP contribution in [-0.4, -0.2) is 66.9 Å². The van der Waals surface area contributed by atoms with Crippen LogP contribution < -0.4 is 5.32 Å². The van der Waals surface area contributed by atoms with E-state index in [2.05, 4.69) is 5.32 Å². The summed E-state index contributed by atoms with van der Waals surface area (Å²) in [6.45, 7) is 2.06. The van der Waals surface area contributed by atoms with E-state index >= 15 is 0 Å². The van der Waals surface area contributed by atoms with Crippen LogP contribution in [0.25, 0.3) is 0 Å². The van der Waals surface area contributed by atoms with Crippen molar-refractivity contribution in [1.82, 2.24) is 10.2 Å². The molecule has 7 heteroatoms. The highest BCUT2D eigenvalue weighted by atomic mass is 32.2. The number of thioether (sulfide) groups is 1. The Morgan fingerprint density at radius 1 is 1.55 bits per heavy atom. The van der Waals surface area contributed by atoms with E-state index < -0.39 is 12.0 Å². The zero-order chi connectivity index (χ0) is 15.0. The number of amides is 2. The first-order valence-corrected chi connectivity index (χ1v) is 8.25. The van der Waals surface area contributed by atoms with Crippen molar-refractivity contribution >= 4 is 23.8 Å². The van der Waals surface area contributed by atoms with E-state index in [-0.39, 0.29) is 6.03 Å². The molecule has 0 aliphatic carbocycles. The van der Waals surface area contributed by atoms with Gasteiger partial charge < -0.3 is 20.1 Å². The molecule has 1 saturated heterocycles. The molecule has 1 aliphatic heterocycles. The molecule has 0 radical (unpaired) electrons. The molecule has 0 saturated carbocycles. The number of urea groups is 1. The minimum atomic E-state index is -0.984. The quantitative estimate of drug-likeness (QED) is 0.740. The average molecular weight is 304 g/mol. The van der Waals surface area contributed by atoms with Crippen molar-refractivity contribution in [3.05, 3.63) is 0 Å². The maximum absolute atomic E-state index is 12.0. The maximum atomic E-state index is 12.0. The molecule has 0 bridgehead atoms. The third-order valence-electron chi connectivity index (χ3n) is 3.34. The number of hydrogen-bond acceptors (Lipinski definition) is 4. The lowest BCUT2D eigenvalue weighted by Gasteiger charge is -2.28. The lowest BCUT2D eigenvalue weighted by molar-refractivity contribution is -0.139. The van der Waals surface area contributed by atoms with Gasteiger partial charge in [0, 0.05) is 26.1 Å². The van der Waals surface area contributed by atoms with Crippen LogP contribution >= 0.6 is 11.8 Å². The molecule has 6 nitrogen and oxygen atoms in total.